The first-order valence-electron chi connectivity index (χ1n) is 3.43. The van der Waals surface area contributed by atoms with E-state index in [1.807, 2.05) is 0 Å². The van der Waals surface area contributed by atoms with Crippen LogP contribution in [0.3, 0.4) is 0 Å². The van der Waals surface area contributed by atoms with Crippen molar-refractivity contribution in [2.45, 2.75) is 6.92 Å². The van der Waals surface area contributed by atoms with E-state index in [9.17, 15) is 4.39 Å². The van der Waals surface area contributed by atoms with Gasteiger partial charge in [0.25, 0.3) is 0 Å². The molecule has 1 aromatic rings. The van der Waals surface area contributed by atoms with Crippen LogP contribution < -0.4 is 11.1 Å². The molecule has 0 atom stereocenters. The van der Waals surface area contributed by atoms with Crippen LogP contribution in [-0.2, 0) is 0 Å². The summed E-state index contributed by atoms with van der Waals surface area (Å²) >= 11 is 4.58. The minimum absolute atomic E-state index is 0.0690. The molecule has 2 nitrogen and oxygen atoms in total. The van der Waals surface area contributed by atoms with Gasteiger partial charge in [0.2, 0.25) is 0 Å². The Labute approximate surface area is 75.6 Å². The summed E-state index contributed by atoms with van der Waals surface area (Å²) in [4.78, 5) is 0. The number of aryl methyl sites for hydroxylation is 1. The first-order chi connectivity index (χ1) is 5.61. The van der Waals surface area contributed by atoms with E-state index in [-0.39, 0.29) is 10.9 Å². The lowest BCUT2D eigenvalue weighted by molar-refractivity contribution is 0.623. The highest BCUT2D eigenvalue weighted by atomic mass is 32.1. The Bertz CT molecular complexity index is 312. The molecule has 0 heterocycles. The van der Waals surface area contributed by atoms with Gasteiger partial charge in [0.05, 0.1) is 5.69 Å². The van der Waals surface area contributed by atoms with Crippen molar-refractivity contribution in [1.82, 2.24) is 0 Å². The number of nitrogens with two attached hydrogens (primary N) is 1. The molecule has 4 heteroatoms. The lowest BCUT2D eigenvalue weighted by atomic mass is 10.2. The fourth-order valence-corrected chi connectivity index (χ4v) is 0.987. The topological polar surface area (TPSA) is 38.0 Å². The monoisotopic (exact) mass is 184 g/mol. The molecule has 12 heavy (non-hydrogen) atoms. The average Bonchev–Trinajstić information content (AvgIpc) is 1.98. The quantitative estimate of drug-likeness (QED) is 0.653. The highest BCUT2D eigenvalue weighted by Crippen LogP contribution is 2.16. The highest BCUT2D eigenvalue weighted by molar-refractivity contribution is 7.80. The summed E-state index contributed by atoms with van der Waals surface area (Å²) in [6, 6.07) is 5.00. The number of thiocarbonyl (C=S) groups is 1. The lowest BCUT2D eigenvalue weighted by Crippen LogP contribution is -2.19. The summed E-state index contributed by atoms with van der Waals surface area (Å²) in [5.74, 6) is -0.315. The van der Waals surface area contributed by atoms with Crippen molar-refractivity contribution in [3.8, 4) is 0 Å². The minimum atomic E-state index is -0.315. The molecule has 0 fully saturated rings. The van der Waals surface area contributed by atoms with Crippen LogP contribution in [0, 0.1) is 12.7 Å². The van der Waals surface area contributed by atoms with Gasteiger partial charge in [-0.1, -0.05) is 12.1 Å². The zero-order valence-electron chi connectivity index (χ0n) is 6.60. The van der Waals surface area contributed by atoms with Gasteiger partial charge in [-0.3, -0.25) is 0 Å². The molecular weight excluding hydrogens is 175 g/mol. The van der Waals surface area contributed by atoms with E-state index in [0.717, 1.165) is 0 Å². The number of anilines is 1. The van der Waals surface area contributed by atoms with Gasteiger partial charge in [-0.2, -0.15) is 0 Å². The Balaban J connectivity index is 3.00. The summed E-state index contributed by atoms with van der Waals surface area (Å²) in [6.07, 6.45) is 0. The van der Waals surface area contributed by atoms with E-state index in [0.29, 0.717) is 11.3 Å². The summed E-state index contributed by atoms with van der Waals surface area (Å²) in [6.45, 7) is 1.68. The van der Waals surface area contributed by atoms with Gasteiger partial charge in [0.1, 0.15) is 5.82 Å². The fourth-order valence-electron chi connectivity index (χ4n) is 0.877. The zero-order chi connectivity index (χ0) is 9.14. The van der Waals surface area contributed by atoms with Crippen molar-refractivity contribution >= 4 is 23.0 Å². The number of halogens is 1. The molecule has 0 amide bonds. The predicted molar refractivity (Wildman–Crippen MR) is 51.5 cm³/mol. The van der Waals surface area contributed by atoms with Crippen molar-refractivity contribution in [3.05, 3.63) is 29.6 Å². The number of hydrogen-bond donors (Lipinski definition) is 2. The largest absolute Gasteiger partial charge is 0.376 e. The number of rotatable bonds is 1. The molecule has 0 bridgehead atoms. The van der Waals surface area contributed by atoms with Crippen molar-refractivity contribution in [2.24, 2.45) is 5.73 Å². The van der Waals surface area contributed by atoms with E-state index in [1.54, 1.807) is 25.1 Å². The van der Waals surface area contributed by atoms with Gasteiger partial charge in [-0.15, -0.1) is 0 Å². The first-order valence-corrected chi connectivity index (χ1v) is 3.83. The van der Waals surface area contributed by atoms with Gasteiger partial charge < -0.3 is 11.1 Å². The summed E-state index contributed by atoms with van der Waals surface area (Å²) in [5.41, 5.74) is 6.08. The van der Waals surface area contributed by atoms with E-state index in [1.165, 1.54) is 0 Å². The molecule has 3 N–H and O–H groups in total. The van der Waals surface area contributed by atoms with Gasteiger partial charge in [-0.05, 0) is 30.8 Å². The lowest BCUT2D eigenvalue weighted by Gasteiger charge is -2.05. The molecule has 0 unspecified atom stereocenters. The van der Waals surface area contributed by atoms with Gasteiger partial charge >= 0.3 is 0 Å². The molecule has 0 saturated carbocycles. The van der Waals surface area contributed by atoms with Crippen LogP contribution in [0.2, 0.25) is 0 Å². The second kappa shape index (κ2) is 3.49. The second-order valence-corrected chi connectivity index (χ2v) is 2.87. The van der Waals surface area contributed by atoms with Gasteiger partial charge in [0.15, 0.2) is 5.11 Å². The van der Waals surface area contributed by atoms with Crippen molar-refractivity contribution < 1.29 is 4.39 Å². The minimum Gasteiger partial charge on any atom is -0.376 e. The van der Waals surface area contributed by atoms with Crippen LogP contribution in [0.4, 0.5) is 10.1 Å². The summed E-state index contributed by atoms with van der Waals surface area (Å²) < 4.78 is 13.2. The van der Waals surface area contributed by atoms with Crippen molar-refractivity contribution in [3.63, 3.8) is 0 Å². The summed E-state index contributed by atoms with van der Waals surface area (Å²) in [5, 5.41) is 2.62. The Hall–Kier alpha value is -1.16. The van der Waals surface area contributed by atoms with Gasteiger partial charge in [-0.25, -0.2) is 4.39 Å². The van der Waals surface area contributed by atoms with Crippen molar-refractivity contribution in [1.29, 1.82) is 0 Å². The maximum Gasteiger partial charge on any atom is 0.168 e. The van der Waals surface area contributed by atoms with Crippen LogP contribution in [0.5, 0.6) is 0 Å². The number of hydrogen-bond acceptors (Lipinski definition) is 1. The Kier molecular flexibility index (Phi) is 2.60. The van der Waals surface area contributed by atoms with Crippen LogP contribution in [-0.4, -0.2) is 5.11 Å². The maximum atomic E-state index is 13.2. The predicted octanol–water partition coefficient (Wildman–Crippen LogP) is 1.79. The van der Waals surface area contributed by atoms with Crippen LogP contribution in [0.1, 0.15) is 5.56 Å². The molecule has 0 aliphatic rings. The molecule has 0 spiro atoms. The molecule has 0 aliphatic heterocycles. The Morgan fingerprint density at radius 3 is 2.83 bits per heavy atom. The molecule has 64 valence electrons. The highest BCUT2D eigenvalue weighted by Gasteiger charge is 2.03. The third-order valence-corrected chi connectivity index (χ3v) is 1.55. The first kappa shape index (κ1) is 8.93. The van der Waals surface area contributed by atoms with E-state index < -0.39 is 0 Å². The average molecular weight is 184 g/mol. The smallest absolute Gasteiger partial charge is 0.168 e. The fraction of sp³-hybridized carbons (Fsp3) is 0.125. The van der Waals surface area contributed by atoms with Crippen LogP contribution in [0.25, 0.3) is 0 Å². The van der Waals surface area contributed by atoms with Crippen molar-refractivity contribution in [2.75, 3.05) is 5.32 Å². The number of nitrogens with one attached hydrogen (secondary N) is 1. The van der Waals surface area contributed by atoms with E-state index in [2.05, 4.69) is 17.5 Å². The molecule has 0 aliphatic carbocycles. The third kappa shape index (κ3) is 1.92. The van der Waals surface area contributed by atoms with Crippen LogP contribution in [0.15, 0.2) is 18.2 Å². The van der Waals surface area contributed by atoms with E-state index >= 15 is 0 Å². The maximum absolute atomic E-state index is 13.2. The third-order valence-electron chi connectivity index (χ3n) is 1.45. The Morgan fingerprint density at radius 2 is 2.25 bits per heavy atom. The van der Waals surface area contributed by atoms with Gasteiger partial charge in [0, 0.05) is 0 Å². The Morgan fingerprint density at radius 1 is 1.58 bits per heavy atom. The standard InChI is InChI=1S/C8H9FN2S/c1-5-3-2-4-6(7(5)9)11-8(10)12/h2-4H,1H3,(H3,10,11,12). The molecule has 1 rings (SSSR count). The number of benzene rings is 1. The molecular formula is C8H9FN2S. The molecule has 1 aromatic carbocycles. The molecule has 0 saturated heterocycles. The van der Waals surface area contributed by atoms with Crippen LogP contribution >= 0.6 is 12.2 Å². The normalized spacial score (nSPS) is 9.50. The SMILES string of the molecule is Cc1cccc(NC(N)=S)c1F. The van der Waals surface area contributed by atoms with E-state index in [4.69, 9.17) is 5.73 Å². The molecule has 0 aromatic heterocycles. The molecule has 0 radical (unpaired) electrons. The second-order valence-electron chi connectivity index (χ2n) is 2.43. The summed E-state index contributed by atoms with van der Waals surface area (Å²) in [7, 11) is 0. The zero-order valence-corrected chi connectivity index (χ0v) is 7.41.